The van der Waals surface area contributed by atoms with Gasteiger partial charge in [-0.3, -0.25) is 5.43 Å². The van der Waals surface area contributed by atoms with Crippen molar-refractivity contribution in [2.75, 3.05) is 12.0 Å². The molecule has 2 rings (SSSR count). The zero-order chi connectivity index (χ0) is 14.5. The van der Waals surface area contributed by atoms with Gasteiger partial charge in [-0.2, -0.15) is 5.10 Å². The molecule has 7 heteroatoms. The number of nitrogens with zero attached hydrogens (tertiary/aromatic N) is 2. The highest BCUT2D eigenvalue weighted by atomic mass is 79.9. The molecule has 4 nitrogen and oxygen atoms in total. The maximum atomic E-state index is 6.17. The van der Waals surface area contributed by atoms with E-state index in [1.165, 1.54) is 11.3 Å². The number of hydrogen-bond acceptors (Lipinski definition) is 5. The molecule has 0 unspecified atom stereocenters. The minimum Gasteiger partial charge on any atom is -0.491 e. The van der Waals surface area contributed by atoms with E-state index in [9.17, 15) is 0 Å². The van der Waals surface area contributed by atoms with Crippen LogP contribution >= 0.6 is 38.9 Å². The molecule has 0 fully saturated rings. The summed E-state index contributed by atoms with van der Waals surface area (Å²) in [6.45, 7) is 4.42. The molecule has 106 valence electrons. The second-order valence-corrected chi connectivity index (χ2v) is 6.03. The molecule has 0 saturated heterocycles. The third kappa shape index (κ3) is 3.94. The van der Waals surface area contributed by atoms with Crippen molar-refractivity contribution in [3.05, 3.63) is 38.3 Å². The van der Waals surface area contributed by atoms with Crippen molar-refractivity contribution in [1.82, 2.24) is 4.98 Å². The van der Waals surface area contributed by atoms with E-state index in [0.717, 1.165) is 20.9 Å². The van der Waals surface area contributed by atoms with Gasteiger partial charge >= 0.3 is 0 Å². The lowest BCUT2D eigenvalue weighted by atomic mass is 10.2. The highest BCUT2D eigenvalue weighted by Crippen LogP contribution is 2.34. The standard InChI is InChI=1S/C13H13BrClN3OS/c1-3-19-12-10(14)4-9(5-11(12)15)6-16-18-13-17-8(2)7-20-13/h4-7H,3H2,1-2H3,(H,17,18). The van der Waals surface area contributed by atoms with E-state index in [2.05, 4.69) is 31.4 Å². The van der Waals surface area contributed by atoms with E-state index in [0.29, 0.717) is 17.4 Å². The largest absolute Gasteiger partial charge is 0.491 e. The zero-order valence-electron chi connectivity index (χ0n) is 11.0. The number of anilines is 1. The first kappa shape index (κ1) is 15.3. The maximum Gasteiger partial charge on any atom is 0.203 e. The molecular formula is C13H13BrClN3OS. The number of nitrogens with one attached hydrogen (secondary N) is 1. The predicted octanol–water partition coefficient (Wildman–Crippen LogP) is 4.71. The number of hydrazone groups is 1. The van der Waals surface area contributed by atoms with Crippen molar-refractivity contribution in [1.29, 1.82) is 0 Å². The van der Waals surface area contributed by atoms with Crippen LogP contribution in [0.3, 0.4) is 0 Å². The molecule has 0 aliphatic carbocycles. The normalized spacial score (nSPS) is 11.0. The van der Waals surface area contributed by atoms with Crippen LogP contribution in [0.25, 0.3) is 0 Å². The molecule has 0 aliphatic rings. The summed E-state index contributed by atoms with van der Waals surface area (Å²) in [6, 6.07) is 3.70. The van der Waals surface area contributed by atoms with Gasteiger partial charge in [-0.1, -0.05) is 11.6 Å². The van der Waals surface area contributed by atoms with Gasteiger partial charge in [0.15, 0.2) is 5.75 Å². The number of halogens is 2. The Morgan fingerprint density at radius 1 is 1.55 bits per heavy atom. The topological polar surface area (TPSA) is 46.5 Å². The van der Waals surface area contributed by atoms with Crippen molar-refractivity contribution in [3.8, 4) is 5.75 Å². The third-order valence-electron chi connectivity index (χ3n) is 2.30. The Morgan fingerprint density at radius 2 is 2.35 bits per heavy atom. The summed E-state index contributed by atoms with van der Waals surface area (Å²) >= 11 is 11.1. The second kappa shape index (κ2) is 7.06. The number of ether oxygens (including phenoxy) is 1. The zero-order valence-corrected chi connectivity index (χ0v) is 14.1. The van der Waals surface area contributed by atoms with Gasteiger partial charge in [-0.05, 0) is 47.5 Å². The number of benzene rings is 1. The molecule has 0 saturated carbocycles. The van der Waals surface area contributed by atoms with Gasteiger partial charge in [0, 0.05) is 5.38 Å². The van der Waals surface area contributed by atoms with Crippen molar-refractivity contribution in [2.24, 2.45) is 5.10 Å². The van der Waals surface area contributed by atoms with Crippen LogP contribution in [0.2, 0.25) is 5.02 Å². The van der Waals surface area contributed by atoms with E-state index in [-0.39, 0.29) is 0 Å². The summed E-state index contributed by atoms with van der Waals surface area (Å²) in [6.07, 6.45) is 1.68. The van der Waals surface area contributed by atoms with E-state index in [4.69, 9.17) is 16.3 Å². The molecule has 0 aliphatic heterocycles. The van der Waals surface area contributed by atoms with Gasteiger partial charge in [0.2, 0.25) is 5.13 Å². The number of aromatic nitrogens is 1. The SMILES string of the molecule is CCOc1c(Cl)cc(C=NNc2nc(C)cs2)cc1Br. The molecule has 0 amide bonds. The van der Waals surface area contributed by atoms with Gasteiger partial charge in [0.25, 0.3) is 0 Å². The van der Waals surface area contributed by atoms with Crippen LogP contribution in [0.5, 0.6) is 5.75 Å². The maximum absolute atomic E-state index is 6.17. The third-order valence-corrected chi connectivity index (χ3v) is 4.04. The van der Waals surface area contributed by atoms with Crippen LogP contribution in [0.4, 0.5) is 5.13 Å². The first-order valence-electron chi connectivity index (χ1n) is 5.93. The van der Waals surface area contributed by atoms with Crippen LogP contribution < -0.4 is 10.2 Å². The minimum atomic E-state index is 0.549. The fraction of sp³-hybridized carbons (Fsp3) is 0.231. The second-order valence-electron chi connectivity index (χ2n) is 3.91. The number of thiazole rings is 1. The quantitative estimate of drug-likeness (QED) is 0.609. The van der Waals surface area contributed by atoms with Gasteiger partial charge in [-0.25, -0.2) is 4.98 Å². The van der Waals surface area contributed by atoms with Crippen molar-refractivity contribution >= 4 is 50.2 Å². The highest BCUT2D eigenvalue weighted by Gasteiger charge is 2.07. The lowest BCUT2D eigenvalue weighted by Crippen LogP contribution is -1.95. The molecule has 1 aromatic carbocycles. The van der Waals surface area contributed by atoms with Gasteiger partial charge < -0.3 is 4.74 Å². The molecule has 1 N–H and O–H groups in total. The van der Waals surface area contributed by atoms with Crippen LogP contribution in [-0.2, 0) is 0 Å². The van der Waals surface area contributed by atoms with E-state index in [1.54, 1.807) is 12.3 Å². The lowest BCUT2D eigenvalue weighted by molar-refractivity contribution is 0.338. The van der Waals surface area contributed by atoms with Gasteiger partial charge in [0.05, 0.1) is 28.0 Å². The Morgan fingerprint density at radius 3 is 2.95 bits per heavy atom. The average molecular weight is 375 g/mol. The van der Waals surface area contributed by atoms with Gasteiger partial charge in [0.1, 0.15) is 0 Å². The van der Waals surface area contributed by atoms with Crippen molar-refractivity contribution in [2.45, 2.75) is 13.8 Å². The average Bonchev–Trinajstić information content (AvgIpc) is 2.80. The van der Waals surface area contributed by atoms with Crippen LogP contribution in [-0.4, -0.2) is 17.8 Å². The predicted molar refractivity (Wildman–Crippen MR) is 88.4 cm³/mol. The van der Waals surface area contributed by atoms with Crippen LogP contribution in [0.15, 0.2) is 27.1 Å². The fourth-order valence-corrected chi connectivity index (χ4v) is 3.13. The summed E-state index contributed by atoms with van der Waals surface area (Å²) in [5.74, 6) is 0.648. The Bertz CT molecular complexity index is 607. The van der Waals surface area contributed by atoms with Crippen LogP contribution in [0.1, 0.15) is 18.2 Å². The summed E-state index contributed by atoms with van der Waals surface area (Å²) in [4.78, 5) is 4.25. The Kier molecular flexibility index (Phi) is 5.39. The molecule has 0 bridgehead atoms. The van der Waals surface area contributed by atoms with E-state index in [1.807, 2.05) is 25.3 Å². The monoisotopic (exact) mass is 373 g/mol. The van der Waals surface area contributed by atoms with E-state index < -0.39 is 0 Å². The molecule has 2 aromatic rings. The van der Waals surface area contributed by atoms with Gasteiger partial charge in [-0.15, -0.1) is 11.3 Å². The molecule has 1 aromatic heterocycles. The molecule has 20 heavy (non-hydrogen) atoms. The fourth-order valence-electron chi connectivity index (χ4n) is 1.50. The Labute approximate surface area is 135 Å². The molecule has 0 atom stereocenters. The number of aryl methyl sites for hydroxylation is 1. The number of hydrogen-bond donors (Lipinski definition) is 1. The Hall–Kier alpha value is -1.11. The van der Waals surface area contributed by atoms with Crippen molar-refractivity contribution in [3.63, 3.8) is 0 Å². The first-order chi connectivity index (χ1) is 9.60. The molecule has 1 heterocycles. The molecule has 0 spiro atoms. The highest BCUT2D eigenvalue weighted by molar-refractivity contribution is 9.10. The summed E-state index contributed by atoms with van der Waals surface area (Å²) in [7, 11) is 0. The molecular weight excluding hydrogens is 362 g/mol. The molecule has 0 radical (unpaired) electrons. The summed E-state index contributed by atoms with van der Waals surface area (Å²) in [5, 5.41) is 7.40. The number of rotatable bonds is 5. The summed E-state index contributed by atoms with van der Waals surface area (Å²) in [5.41, 5.74) is 4.72. The lowest BCUT2D eigenvalue weighted by Gasteiger charge is -2.08. The first-order valence-corrected chi connectivity index (χ1v) is 7.98. The summed E-state index contributed by atoms with van der Waals surface area (Å²) < 4.78 is 6.26. The van der Waals surface area contributed by atoms with Crippen molar-refractivity contribution < 1.29 is 4.74 Å². The van der Waals surface area contributed by atoms with E-state index >= 15 is 0 Å². The smallest absolute Gasteiger partial charge is 0.203 e. The van der Waals surface area contributed by atoms with Crippen LogP contribution in [0, 0.1) is 6.92 Å². The minimum absolute atomic E-state index is 0.549. The Balaban J connectivity index is 2.09.